The van der Waals surface area contributed by atoms with Crippen molar-refractivity contribution in [3.05, 3.63) is 39.4 Å². The number of likely N-dealkylation sites (tertiary alicyclic amines) is 1. The molecule has 1 aliphatic heterocycles. The quantitative estimate of drug-likeness (QED) is 0.480. The van der Waals surface area contributed by atoms with Crippen LogP contribution in [-0.2, 0) is 9.53 Å². The molecular formula is C17H22N2O5. The first-order valence-corrected chi connectivity index (χ1v) is 8.19. The summed E-state index contributed by atoms with van der Waals surface area (Å²) < 4.78 is 5.07. The number of benzene rings is 1. The summed E-state index contributed by atoms with van der Waals surface area (Å²) >= 11 is 0. The highest BCUT2D eigenvalue weighted by Crippen LogP contribution is 2.19. The van der Waals surface area contributed by atoms with Gasteiger partial charge in [-0.05, 0) is 31.9 Å². The first-order chi connectivity index (χ1) is 11.5. The second kappa shape index (κ2) is 8.42. The van der Waals surface area contributed by atoms with E-state index in [9.17, 15) is 19.7 Å². The fourth-order valence-electron chi connectivity index (χ4n) is 2.79. The first-order valence-electron chi connectivity index (χ1n) is 8.19. The Morgan fingerprint density at radius 1 is 1.17 bits per heavy atom. The van der Waals surface area contributed by atoms with Crippen LogP contribution < -0.4 is 0 Å². The minimum absolute atomic E-state index is 0.0525. The summed E-state index contributed by atoms with van der Waals surface area (Å²) in [4.78, 5) is 36.2. The molecule has 0 N–H and O–H groups in total. The summed E-state index contributed by atoms with van der Waals surface area (Å²) in [6.07, 6.45) is 5.39. The lowest BCUT2D eigenvalue weighted by molar-refractivity contribution is -0.385. The zero-order valence-corrected chi connectivity index (χ0v) is 13.8. The Hall–Kier alpha value is -2.44. The van der Waals surface area contributed by atoms with Crippen LogP contribution in [-0.4, -0.2) is 41.4 Å². The van der Waals surface area contributed by atoms with E-state index in [0.29, 0.717) is 18.7 Å². The van der Waals surface area contributed by atoms with Gasteiger partial charge in [0.25, 0.3) is 11.6 Å². The van der Waals surface area contributed by atoms with Crippen LogP contribution in [0.4, 0.5) is 5.69 Å². The standard InChI is InChI=1S/C17H22N2O5/c1-13-11-14(7-8-15(13)19(22)23)17(21)24-12-16(20)18-9-5-3-2-4-6-10-18/h7-8,11H,2-6,9-10,12H2,1H3. The Morgan fingerprint density at radius 3 is 2.38 bits per heavy atom. The van der Waals surface area contributed by atoms with Crippen molar-refractivity contribution in [2.45, 2.75) is 39.0 Å². The Kier molecular flexibility index (Phi) is 6.28. The number of hydrogen-bond donors (Lipinski definition) is 0. The van der Waals surface area contributed by atoms with Crippen LogP contribution in [0, 0.1) is 17.0 Å². The molecule has 0 aliphatic carbocycles. The van der Waals surface area contributed by atoms with Crippen LogP contribution in [0.2, 0.25) is 0 Å². The Bertz CT molecular complexity index is 621. The van der Waals surface area contributed by atoms with Gasteiger partial charge in [-0.3, -0.25) is 14.9 Å². The van der Waals surface area contributed by atoms with Gasteiger partial charge in [-0.1, -0.05) is 19.3 Å². The molecule has 1 aromatic carbocycles. The fourth-order valence-corrected chi connectivity index (χ4v) is 2.79. The van der Waals surface area contributed by atoms with Crippen molar-refractivity contribution in [1.29, 1.82) is 0 Å². The molecule has 0 bridgehead atoms. The van der Waals surface area contributed by atoms with Crippen molar-refractivity contribution in [2.24, 2.45) is 0 Å². The van der Waals surface area contributed by atoms with Crippen molar-refractivity contribution < 1.29 is 19.2 Å². The third kappa shape index (κ3) is 4.78. The average molecular weight is 334 g/mol. The summed E-state index contributed by atoms with van der Waals surface area (Å²) in [5, 5.41) is 10.8. The maximum atomic E-state index is 12.2. The van der Waals surface area contributed by atoms with E-state index in [4.69, 9.17) is 4.74 Å². The third-order valence-corrected chi connectivity index (χ3v) is 4.16. The number of nitro groups is 1. The molecule has 1 aromatic rings. The lowest BCUT2D eigenvalue weighted by atomic mass is 10.1. The van der Waals surface area contributed by atoms with Crippen LogP contribution in [0.25, 0.3) is 0 Å². The molecule has 1 heterocycles. The monoisotopic (exact) mass is 334 g/mol. The number of rotatable bonds is 4. The summed E-state index contributed by atoms with van der Waals surface area (Å²) in [7, 11) is 0. The highest BCUT2D eigenvalue weighted by Gasteiger charge is 2.19. The number of nitrogens with zero attached hydrogens (tertiary/aromatic N) is 2. The maximum Gasteiger partial charge on any atom is 0.338 e. The van der Waals surface area contributed by atoms with Crippen LogP contribution in [0.15, 0.2) is 18.2 Å². The molecule has 24 heavy (non-hydrogen) atoms. The molecule has 7 heteroatoms. The van der Waals surface area contributed by atoms with Gasteiger partial charge in [0.15, 0.2) is 6.61 Å². The lowest BCUT2D eigenvalue weighted by Crippen LogP contribution is -2.36. The molecule has 0 atom stereocenters. The van der Waals surface area contributed by atoms with Crippen molar-refractivity contribution >= 4 is 17.6 Å². The molecule has 1 aliphatic rings. The van der Waals surface area contributed by atoms with Crippen LogP contribution in [0.5, 0.6) is 0 Å². The van der Waals surface area contributed by atoms with E-state index in [-0.39, 0.29) is 23.8 Å². The molecule has 0 aromatic heterocycles. The number of ether oxygens (including phenoxy) is 1. The highest BCUT2D eigenvalue weighted by atomic mass is 16.6. The second-order valence-corrected chi connectivity index (χ2v) is 5.98. The summed E-state index contributed by atoms with van der Waals surface area (Å²) in [5.74, 6) is -0.836. The first kappa shape index (κ1) is 17.9. The van der Waals surface area contributed by atoms with Gasteiger partial charge in [0, 0.05) is 24.7 Å². The normalized spacial score (nSPS) is 15.3. The van der Waals surface area contributed by atoms with Crippen molar-refractivity contribution in [3.63, 3.8) is 0 Å². The molecule has 0 unspecified atom stereocenters. The molecule has 130 valence electrons. The topological polar surface area (TPSA) is 89.8 Å². The number of amides is 1. The molecule has 1 amide bonds. The second-order valence-electron chi connectivity index (χ2n) is 5.98. The predicted molar refractivity (Wildman–Crippen MR) is 87.8 cm³/mol. The van der Waals surface area contributed by atoms with E-state index in [1.54, 1.807) is 11.8 Å². The molecule has 0 radical (unpaired) electrons. The number of esters is 1. The largest absolute Gasteiger partial charge is 0.452 e. The van der Waals surface area contributed by atoms with E-state index in [1.807, 2.05) is 0 Å². The lowest BCUT2D eigenvalue weighted by Gasteiger charge is -2.24. The number of carbonyl (C=O) groups excluding carboxylic acids is 2. The minimum atomic E-state index is -0.645. The van der Waals surface area contributed by atoms with Gasteiger partial charge < -0.3 is 9.64 Å². The molecule has 1 fully saturated rings. The van der Waals surface area contributed by atoms with Gasteiger partial charge in [-0.25, -0.2) is 4.79 Å². The molecule has 0 saturated carbocycles. The van der Waals surface area contributed by atoms with Crippen LogP contribution in [0.3, 0.4) is 0 Å². The Labute approximate surface area is 140 Å². The number of aryl methyl sites for hydroxylation is 1. The van der Waals surface area contributed by atoms with E-state index < -0.39 is 10.9 Å². The summed E-state index contributed by atoms with van der Waals surface area (Å²) in [5.41, 5.74) is 0.534. The maximum absolute atomic E-state index is 12.2. The van der Waals surface area contributed by atoms with Crippen LogP contribution >= 0.6 is 0 Å². The third-order valence-electron chi connectivity index (χ3n) is 4.16. The van der Waals surface area contributed by atoms with Gasteiger partial charge in [0.2, 0.25) is 0 Å². The van der Waals surface area contributed by atoms with Crippen molar-refractivity contribution in [1.82, 2.24) is 4.90 Å². The highest BCUT2D eigenvalue weighted by molar-refractivity contribution is 5.91. The van der Waals surface area contributed by atoms with E-state index >= 15 is 0 Å². The van der Waals surface area contributed by atoms with Gasteiger partial charge >= 0.3 is 5.97 Å². The molecule has 1 saturated heterocycles. The Balaban J connectivity index is 1.91. The van der Waals surface area contributed by atoms with Gasteiger partial charge in [-0.2, -0.15) is 0 Å². The van der Waals surface area contributed by atoms with E-state index in [2.05, 4.69) is 0 Å². The zero-order valence-electron chi connectivity index (χ0n) is 13.8. The van der Waals surface area contributed by atoms with E-state index in [0.717, 1.165) is 25.7 Å². The SMILES string of the molecule is Cc1cc(C(=O)OCC(=O)N2CCCCCCC2)ccc1[N+](=O)[O-]. The zero-order chi connectivity index (χ0) is 17.5. The van der Waals surface area contributed by atoms with E-state index in [1.165, 1.54) is 24.6 Å². The minimum Gasteiger partial charge on any atom is -0.452 e. The van der Waals surface area contributed by atoms with Crippen molar-refractivity contribution in [2.75, 3.05) is 19.7 Å². The number of hydrogen-bond acceptors (Lipinski definition) is 5. The van der Waals surface area contributed by atoms with Gasteiger partial charge in [0.1, 0.15) is 0 Å². The summed E-state index contributed by atoms with van der Waals surface area (Å²) in [6.45, 7) is 2.66. The van der Waals surface area contributed by atoms with Crippen molar-refractivity contribution in [3.8, 4) is 0 Å². The van der Waals surface area contributed by atoms with Gasteiger partial charge in [0.05, 0.1) is 10.5 Å². The molecule has 7 nitrogen and oxygen atoms in total. The average Bonchev–Trinajstić information content (AvgIpc) is 2.51. The fraction of sp³-hybridized carbons (Fsp3) is 0.529. The molecule has 0 spiro atoms. The number of nitro benzene ring substituents is 1. The van der Waals surface area contributed by atoms with Gasteiger partial charge in [-0.15, -0.1) is 0 Å². The smallest absolute Gasteiger partial charge is 0.338 e. The number of carbonyl (C=O) groups is 2. The van der Waals surface area contributed by atoms with Crippen LogP contribution in [0.1, 0.15) is 48.0 Å². The summed E-state index contributed by atoms with van der Waals surface area (Å²) in [6, 6.07) is 4.02. The molecular weight excluding hydrogens is 312 g/mol. The molecule has 2 rings (SSSR count). The Morgan fingerprint density at radius 2 is 1.79 bits per heavy atom. The predicted octanol–water partition coefficient (Wildman–Crippen LogP) is 2.85.